The fourth-order valence-corrected chi connectivity index (χ4v) is 16.5. The first kappa shape index (κ1) is 40.3. The van der Waals surface area contributed by atoms with Gasteiger partial charge in [-0.25, -0.2) is 0 Å². The zero-order valence-electron chi connectivity index (χ0n) is 27.5. The average molecular weight is 811 g/mol. The Labute approximate surface area is 334 Å². The summed E-state index contributed by atoms with van der Waals surface area (Å²) < 4.78 is 212. The third-order valence-corrected chi connectivity index (χ3v) is 16.7. The molecule has 5 nitrogen and oxygen atoms in total. The van der Waals surface area contributed by atoms with Gasteiger partial charge in [0.05, 0.1) is 0 Å². The molecule has 0 unspecified atom stereocenters. The van der Waals surface area contributed by atoms with Gasteiger partial charge < -0.3 is 0 Å². The van der Waals surface area contributed by atoms with Crippen molar-refractivity contribution in [2.45, 2.75) is 41.5 Å². The van der Waals surface area contributed by atoms with Crippen LogP contribution in [0.15, 0.2) is 97.1 Å². The van der Waals surface area contributed by atoms with Crippen LogP contribution in [0.25, 0.3) is 0 Å². The number of fused-ring (bicyclic) bond motifs is 2. The number of hydrogen-bond acceptors (Lipinski definition) is 5. The second-order valence-electron chi connectivity index (χ2n) is 12.7. The van der Waals surface area contributed by atoms with Crippen molar-refractivity contribution in [1.82, 2.24) is 0 Å². The molecule has 0 atom stereocenters. The molecule has 4 aromatic rings. The van der Waals surface area contributed by atoms with Crippen molar-refractivity contribution in [3.63, 3.8) is 0 Å². The Kier molecular flexibility index (Phi) is 8.79. The van der Waals surface area contributed by atoms with Crippen molar-refractivity contribution in [2.24, 2.45) is 0 Å². The molecule has 3 heterocycles. The van der Waals surface area contributed by atoms with Crippen molar-refractivity contribution in [3.8, 4) is 11.5 Å². The van der Waals surface area contributed by atoms with Crippen molar-refractivity contribution >= 4 is 17.2 Å². The van der Waals surface area contributed by atoms with E-state index in [0.717, 1.165) is 12.1 Å². The molecular weight excluding hydrogens is 786 g/mol. The third kappa shape index (κ3) is 4.64. The summed E-state index contributed by atoms with van der Waals surface area (Å²) in [5.74, 6) is 0.387. The monoisotopic (exact) mass is 810 g/mol. The van der Waals surface area contributed by atoms with E-state index in [1.54, 1.807) is 0 Å². The van der Waals surface area contributed by atoms with Crippen molar-refractivity contribution in [1.29, 1.82) is 0 Å². The largest absolute Gasteiger partial charge is 1.00 e. The quantitative estimate of drug-likeness (QED) is 0.141. The standard InChI is InChI=1S/C34H24F12O5P.K/c1-47-22-15-11-20(12-16-22)28(21-13-17-23(48-2)18-14-21)19-52(49-28,26-9-5-3-7-24(26)29(50-52,31(35,36)37)32(38,39)40)27-10-6-4-8-25(27)30(51-52,33(41,42)43)34(44,45)46;/h3-18H,19H2,1-2H3;/q-1;+1. The Morgan fingerprint density at radius 1 is 0.491 bits per heavy atom. The summed E-state index contributed by atoms with van der Waals surface area (Å²) in [7, 11) is 2.55. The molecule has 7 rings (SSSR count). The minimum Gasteiger partial charge on any atom is 1.00 e. The normalized spacial score (nSPS) is 22.5. The molecule has 1 saturated heterocycles. The number of hydrogen-bond donors (Lipinski definition) is 0. The van der Waals surface area contributed by atoms with E-state index in [0.29, 0.717) is 24.3 Å². The van der Waals surface area contributed by atoms with E-state index < -0.39 is 76.0 Å². The molecule has 19 heteroatoms. The molecule has 280 valence electrons. The van der Waals surface area contributed by atoms with Gasteiger partial charge in [0, 0.05) is 0 Å². The van der Waals surface area contributed by atoms with Crippen molar-refractivity contribution in [2.75, 3.05) is 20.4 Å². The van der Waals surface area contributed by atoms with E-state index in [1.807, 2.05) is 0 Å². The molecule has 0 aliphatic carbocycles. The molecule has 1 spiro atoms. The van der Waals surface area contributed by atoms with Gasteiger partial charge in [-0.05, 0) is 0 Å². The van der Waals surface area contributed by atoms with Crippen LogP contribution < -0.4 is 71.5 Å². The zero-order chi connectivity index (χ0) is 38.1. The number of alkyl halides is 12. The van der Waals surface area contributed by atoms with E-state index in [-0.39, 0.29) is 86.1 Å². The van der Waals surface area contributed by atoms with Crippen LogP contribution in [0.1, 0.15) is 22.3 Å². The molecular formula is C34H24F12KO5P. The Morgan fingerprint density at radius 3 is 1.08 bits per heavy atom. The third-order valence-electron chi connectivity index (χ3n) is 10.1. The maximum atomic E-state index is 15.4. The molecule has 3 aliphatic rings. The summed E-state index contributed by atoms with van der Waals surface area (Å²) in [6.45, 7) is -8.26. The molecule has 0 N–H and O–H groups in total. The first-order valence-electron chi connectivity index (χ1n) is 15.1. The predicted molar refractivity (Wildman–Crippen MR) is 162 cm³/mol. The number of halogens is 12. The number of ether oxygens (including phenoxy) is 2. The molecule has 0 radical (unpaired) electrons. The smallest absolute Gasteiger partial charge is 1.00 e. The van der Waals surface area contributed by atoms with Crippen LogP contribution in [0.4, 0.5) is 52.7 Å². The van der Waals surface area contributed by atoms with Gasteiger partial charge in [-0.3, -0.25) is 0 Å². The first-order valence-corrected chi connectivity index (χ1v) is 17.7. The average Bonchev–Trinajstić information content (AvgIpc) is 3.49. The van der Waals surface area contributed by atoms with Gasteiger partial charge in [-0.2, -0.15) is 0 Å². The van der Waals surface area contributed by atoms with Crippen LogP contribution in [0.3, 0.4) is 0 Å². The topological polar surface area (TPSA) is 46.2 Å². The van der Waals surface area contributed by atoms with E-state index in [2.05, 4.69) is 0 Å². The number of rotatable bonds is 4. The van der Waals surface area contributed by atoms with Gasteiger partial charge in [-0.1, -0.05) is 0 Å². The van der Waals surface area contributed by atoms with E-state index in [1.165, 1.54) is 62.8 Å². The van der Waals surface area contributed by atoms with E-state index in [4.69, 9.17) is 23.0 Å². The number of methoxy groups -OCH3 is 2. The second kappa shape index (κ2) is 11.6. The molecule has 0 aromatic heterocycles. The Morgan fingerprint density at radius 2 is 0.792 bits per heavy atom. The molecule has 53 heavy (non-hydrogen) atoms. The van der Waals surface area contributed by atoms with Crippen LogP contribution in [-0.4, -0.2) is 45.1 Å². The second-order valence-corrected chi connectivity index (χ2v) is 17.7. The van der Waals surface area contributed by atoms with Crippen LogP contribution in [0, 0.1) is 0 Å². The van der Waals surface area contributed by atoms with Crippen molar-refractivity contribution < 1.29 is 127 Å². The molecule has 4 aromatic carbocycles. The van der Waals surface area contributed by atoms with Crippen LogP contribution in [0.2, 0.25) is 0 Å². The summed E-state index contributed by atoms with van der Waals surface area (Å²) >= 11 is 0. The Bertz CT molecular complexity index is 1910. The predicted octanol–water partition coefficient (Wildman–Crippen LogP) is 6.17. The van der Waals surface area contributed by atoms with Gasteiger partial charge in [-0.15, -0.1) is 0 Å². The first-order chi connectivity index (χ1) is 24.0. The van der Waals surface area contributed by atoms with Gasteiger partial charge in [0.15, 0.2) is 0 Å². The Hall–Kier alpha value is -2.41. The SMILES string of the molecule is COc1ccc(C2(c3ccc(OC)cc3)C[P-]34(O2)(OC(C(F)(F)F)(C(F)(F)F)c2ccccc23)OC(C(F)(F)F)(C(F)(F)F)c2ccccc24)cc1.[K+]. The van der Waals surface area contributed by atoms with E-state index >= 15 is 52.7 Å². The van der Waals surface area contributed by atoms with Gasteiger partial charge >= 0.3 is 337 Å². The molecule has 1 fully saturated rings. The summed E-state index contributed by atoms with van der Waals surface area (Å²) in [6.07, 6.45) is -27.8. The Balaban J connectivity index is 0.00000481. The summed E-state index contributed by atoms with van der Waals surface area (Å²) in [5, 5.41) is -2.77. The summed E-state index contributed by atoms with van der Waals surface area (Å²) in [5.41, 5.74) is -17.4. The molecule has 0 saturated carbocycles. The minimum absolute atomic E-state index is 0. The summed E-state index contributed by atoms with van der Waals surface area (Å²) in [6, 6.07) is 15.0. The maximum absolute atomic E-state index is 15.4. The molecule has 3 aliphatic heterocycles. The van der Waals surface area contributed by atoms with Crippen LogP contribution >= 0.6 is 6.63 Å². The van der Waals surface area contributed by atoms with Crippen LogP contribution in [0.5, 0.6) is 11.5 Å². The fourth-order valence-electron chi connectivity index (χ4n) is 8.19. The van der Waals surface area contributed by atoms with Gasteiger partial charge in [0.25, 0.3) is 0 Å². The fraction of sp³-hybridized carbons (Fsp3) is 0.294. The molecule has 0 bridgehead atoms. The van der Waals surface area contributed by atoms with Gasteiger partial charge in [0.2, 0.25) is 0 Å². The van der Waals surface area contributed by atoms with Crippen LogP contribution in [-0.2, 0) is 30.4 Å². The van der Waals surface area contributed by atoms with E-state index in [9.17, 15) is 0 Å². The van der Waals surface area contributed by atoms with Gasteiger partial charge in [0.1, 0.15) is 0 Å². The molecule has 0 amide bonds. The minimum atomic E-state index is -8.26. The van der Waals surface area contributed by atoms with Crippen molar-refractivity contribution in [3.05, 3.63) is 119 Å². The maximum Gasteiger partial charge on any atom is 1.00 e. The zero-order valence-corrected chi connectivity index (χ0v) is 31.5. The summed E-state index contributed by atoms with van der Waals surface area (Å²) in [4.78, 5) is 0. The number of benzene rings is 4.